The topological polar surface area (TPSA) is 129 Å². The van der Waals surface area contributed by atoms with Crippen LogP contribution in [0.4, 0.5) is 4.79 Å². The van der Waals surface area contributed by atoms with Crippen molar-refractivity contribution < 1.29 is 19.4 Å². The summed E-state index contributed by atoms with van der Waals surface area (Å²) in [6, 6.07) is -0.875. The number of carboxylic acid groups (broad SMARTS) is 1. The van der Waals surface area contributed by atoms with Gasteiger partial charge in [-0.3, -0.25) is 15.5 Å². The maximum atomic E-state index is 11.6. The number of carbonyl (C=O) groups is 2. The van der Waals surface area contributed by atoms with Crippen LogP contribution in [0.25, 0.3) is 0 Å². The Kier molecular flexibility index (Phi) is 5.54. The number of hydrogen-bond donors (Lipinski definition) is 4. The van der Waals surface area contributed by atoms with Gasteiger partial charge in [-0.15, -0.1) is 0 Å². The minimum Gasteiger partial charge on any atom is -0.480 e. The predicted molar refractivity (Wildman–Crippen MR) is 77.0 cm³/mol. The minimum atomic E-state index is -1.00. The molecule has 5 N–H and O–H groups in total. The first kappa shape index (κ1) is 17.2. The lowest BCUT2D eigenvalue weighted by molar-refractivity contribution is -0.140. The summed E-state index contributed by atoms with van der Waals surface area (Å²) in [4.78, 5) is 24.1. The Balaban J connectivity index is 2.42. The average Bonchev–Trinajstić information content (AvgIpc) is 2.35. The third-order valence-corrected chi connectivity index (χ3v) is 3.27. The minimum absolute atomic E-state index is 0.0356. The highest BCUT2D eigenvalue weighted by atomic mass is 16.6. The summed E-state index contributed by atoms with van der Waals surface area (Å²) >= 11 is 0. The van der Waals surface area contributed by atoms with Crippen molar-refractivity contribution in [1.29, 1.82) is 5.41 Å². The summed E-state index contributed by atoms with van der Waals surface area (Å²) in [5.74, 6) is -1.14. The van der Waals surface area contributed by atoms with Gasteiger partial charge in [0.2, 0.25) is 5.96 Å². The van der Waals surface area contributed by atoms with Gasteiger partial charge in [0.1, 0.15) is 11.6 Å². The predicted octanol–water partition coefficient (Wildman–Crippen LogP) is 0.570. The number of likely N-dealkylation sites (tertiary alicyclic amines) is 1. The fraction of sp³-hybridized carbons (Fsp3) is 0.769. The summed E-state index contributed by atoms with van der Waals surface area (Å²) < 4.78 is 5.07. The Morgan fingerprint density at radius 3 is 2.33 bits per heavy atom. The normalized spacial score (nSPS) is 18.0. The number of guanidine groups is 1. The lowest BCUT2D eigenvalue weighted by Crippen LogP contribution is -2.51. The number of nitrogens with two attached hydrogens (primary N) is 1. The van der Waals surface area contributed by atoms with Gasteiger partial charge < -0.3 is 20.5 Å². The van der Waals surface area contributed by atoms with Crippen LogP contribution < -0.4 is 11.1 Å². The zero-order chi connectivity index (χ0) is 16.2. The van der Waals surface area contributed by atoms with Gasteiger partial charge in [0.15, 0.2) is 0 Å². The van der Waals surface area contributed by atoms with Crippen molar-refractivity contribution in [1.82, 2.24) is 10.2 Å². The maximum Gasteiger partial charge on any atom is 0.414 e. The van der Waals surface area contributed by atoms with Crippen molar-refractivity contribution in [3.05, 3.63) is 0 Å². The second-order valence-electron chi connectivity index (χ2n) is 6.16. The Labute approximate surface area is 124 Å². The summed E-state index contributed by atoms with van der Waals surface area (Å²) in [5, 5.41) is 19.1. The van der Waals surface area contributed by atoms with Gasteiger partial charge in [0.05, 0.1) is 0 Å². The Morgan fingerprint density at radius 1 is 1.38 bits per heavy atom. The average molecular weight is 300 g/mol. The van der Waals surface area contributed by atoms with Crippen molar-refractivity contribution in [3.63, 3.8) is 0 Å². The number of hydrogen-bond acceptors (Lipinski definition) is 5. The number of nitrogens with zero attached hydrogens (tertiary/aromatic N) is 1. The van der Waals surface area contributed by atoms with Gasteiger partial charge in [0, 0.05) is 13.1 Å². The maximum absolute atomic E-state index is 11.6. The summed E-state index contributed by atoms with van der Waals surface area (Å²) in [5.41, 5.74) is 4.98. The molecule has 0 saturated carbocycles. The lowest BCUT2D eigenvalue weighted by atomic mass is 9.90. The molecule has 120 valence electrons. The fourth-order valence-electron chi connectivity index (χ4n) is 2.16. The number of piperidine rings is 1. The first-order valence-electron chi connectivity index (χ1n) is 6.92. The van der Waals surface area contributed by atoms with Crippen LogP contribution in [0.5, 0.6) is 0 Å². The van der Waals surface area contributed by atoms with E-state index >= 15 is 0 Å². The number of aliphatic carboxylic acids is 1. The van der Waals surface area contributed by atoms with Crippen molar-refractivity contribution >= 4 is 18.0 Å². The molecular weight excluding hydrogens is 276 g/mol. The molecule has 8 nitrogen and oxygen atoms in total. The highest BCUT2D eigenvalue weighted by molar-refractivity contribution is 5.92. The second-order valence-corrected chi connectivity index (χ2v) is 6.16. The van der Waals surface area contributed by atoms with Crippen molar-refractivity contribution in [2.24, 2.45) is 11.7 Å². The van der Waals surface area contributed by atoms with E-state index < -0.39 is 23.7 Å². The van der Waals surface area contributed by atoms with E-state index in [9.17, 15) is 9.59 Å². The Hall–Kier alpha value is -1.83. The summed E-state index contributed by atoms with van der Waals surface area (Å²) in [7, 11) is 0. The summed E-state index contributed by atoms with van der Waals surface area (Å²) in [6.45, 7) is 6.21. The Morgan fingerprint density at radius 2 is 1.90 bits per heavy atom. The molecule has 0 aromatic rings. The van der Waals surface area contributed by atoms with E-state index in [2.05, 4.69) is 5.32 Å². The first-order valence-corrected chi connectivity index (χ1v) is 6.92. The van der Waals surface area contributed by atoms with Gasteiger partial charge in [-0.1, -0.05) is 0 Å². The lowest BCUT2D eigenvalue weighted by Gasteiger charge is -2.34. The molecule has 21 heavy (non-hydrogen) atoms. The number of ether oxygens (including phenoxy) is 1. The van der Waals surface area contributed by atoms with Crippen LogP contribution in [0.2, 0.25) is 0 Å². The van der Waals surface area contributed by atoms with Gasteiger partial charge in [-0.05, 0) is 39.5 Å². The van der Waals surface area contributed by atoms with Gasteiger partial charge in [-0.25, -0.2) is 4.79 Å². The van der Waals surface area contributed by atoms with E-state index in [-0.39, 0.29) is 11.9 Å². The number of rotatable bonds is 2. The van der Waals surface area contributed by atoms with Crippen LogP contribution in [0.3, 0.4) is 0 Å². The van der Waals surface area contributed by atoms with Gasteiger partial charge in [-0.2, -0.15) is 0 Å². The monoisotopic (exact) mass is 300 g/mol. The molecule has 1 amide bonds. The number of amides is 1. The van der Waals surface area contributed by atoms with Crippen LogP contribution in [0, 0.1) is 11.3 Å². The van der Waals surface area contributed by atoms with E-state index in [0.717, 1.165) is 0 Å². The second kappa shape index (κ2) is 6.75. The third-order valence-electron chi connectivity index (χ3n) is 3.27. The highest BCUT2D eigenvalue weighted by Gasteiger charge is 2.30. The molecule has 1 rings (SSSR count). The molecule has 0 radical (unpaired) electrons. The molecule has 0 unspecified atom stereocenters. The van der Waals surface area contributed by atoms with Crippen LogP contribution >= 0.6 is 0 Å². The van der Waals surface area contributed by atoms with Crippen molar-refractivity contribution in [2.75, 3.05) is 13.1 Å². The van der Waals surface area contributed by atoms with E-state index in [1.54, 1.807) is 25.7 Å². The third kappa shape index (κ3) is 5.58. The fourth-order valence-corrected chi connectivity index (χ4v) is 2.16. The molecule has 1 aliphatic rings. The molecule has 1 fully saturated rings. The quantitative estimate of drug-likeness (QED) is 0.436. The number of carboxylic acids is 1. The standard InChI is InChI=1S/C13H24N4O4/c1-13(2,3)21-12(20)16-11(15)17-6-4-8(5-7-17)9(14)10(18)19/h8-9H,4-7,14H2,1-3H3,(H,18,19)(H2,15,16,20)/t9-/m0/s1. The van der Waals surface area contributed by atoms with Crippen molar-refractivity contribution in [3.8, 4) is 0 Å². The number of carbonyl (C=O) groups excluding carboxylic acids is 1. The first-order chi connectivity index (χ1) is 9.60. The molecule has 1 heterocycles. The molecule has 0 spiro atoms. The molecule has 0 bridgehead atoms. The zero-order valence-corrected chi connectivity index (χ0v) is 12.7. The summed E-state index contributed by atoms with van der Waals surface area (Å²) in [6.07, 6.45) is 0.481. The van der Waals surface area contributed by atoms with Crippen LogP contribution in [-0.2, 0) is 9.53 Å². The van der Waals surface area contributed by atoms with Gasteiger partial charge >= 0.3 is 12.1 Å². The molecule has 0 aromatic carbocycles. The van der Waals surface area contributed by atoms with E-state index in [1.807, 2.05) is 0 Å². The van der Waals surface area contributed by atoms with E-state index in [1.165, 1.54) is 0 Å². The number of alkyl carbamates (subject to hydrolysis) is 1. The van der Waals surface area contributed by atoms with Crippen LogP contribution in [0.1, 0.15) is 33.6 Å². The molecule has 0 aromatic heterocycles. The smallest absolute Gasteiger partial charge is 0.414 e. The zero-order valence-electron chi connectivity index (χ0n) is 12.7. The van der Waals surface area contributed by atoms with Crippen molar-refractivity contribution in [2.45, 2.75) is 45.3 Å². The van der Waals surface area contributed by atoms with E-state index in [0.29, 0.717) is 25.9 Å². The Bertz CT molecular complexity index is 411. The van der Waals surface area contributed by atoms with Gasteiger partial charge in [0.25, 0.3) is 0 Å². The van der Waals surface area contributed by atoms with E-state index in [4.69, 9.17) is 21.0 Å². The van der Waals surface area contributed by atoms with Crippen LogP contribution in [-0.4, -0.2) is 52.8 Å². The molecule has 0 aliphatic carbocycles. The highest BCUT2D eigenvalue weighted by Crippen LogP contribution is 2.19. The molecular formula is C13H24N4O4. The molecule has 1 atom stereocenters. The molecule has 1 saturated heterocycles. The van der Waals surface area contributed by atoms with Crippen LogP contribution in [0.15, 0.2) is 0 Å². The number of nitrogens with one attached hydrogen (secondary N) is 2. The molecule has 8 heteroatoms. The largest absolute Gasteiger partial charge is 0.480 e. The molecule has 1 aliphatic heterocycles. The SMILES string of the molecule is CC(C)(C)OC(=O)NC(=N)N1CCC([C@H](N)C(=O)O)CC1.